The molecule has 0 atom stereocenters. The highest BCUT2D eigenvalue weighted by Gasteiger charge is 2.34. The SMILES string of the molecule is C=CC/C=C(/COB(OC/C(=C/CC=C)[Si](C)(CC)CC)OC/C(=C\CC=C)[Si](C)(CC)CC)[Si](C)(CC)CC. The summed E-state index contributed by atoms with van der Waals surface area (Å²) in [6, 6.07) is 7.16. The predicted molar refractivity (Wildman–Crippen MR) is 190 cm³/mol. The van der Waals surface area contributed by atoms with Gasteiger partial charge in [-0.15, -0.1) is 19.7 Å². The topological polar surface area (TPSA) is 27.7 Å². The molecule has 0 radical (unpaired) electrons. The lowest BCUT2D eigenvalue weighted by Gasteiger charge is -2.31. The summed E-state index contributed by atoms with van der Waals surface area (Å²) in [6.45, 7) is 34.8. The Morgan fingerprint density at radius 2 is 0.725 bits per heavy atom. The molecule has 0 N–H and O–H groups in total. The summed E-state index contributed by atoms with van der Waals surface area (Å²) in [5.41, 5.74) is 0. The van der Waals surface area contributed by atoms with Crippen LogP contribution in [0, 0.1) is 0 Å². The summed E-state index contributed by atoms with van der Waals surface area (Å²) in [6.07, 6.45) is 15.5. The molecule has 0 bridgehead atoms. The third-order valence-corrected chi connectivity index (χ3v) is 24.8. The Labute approximate surface area is 253 Å². The van der Waals surface area contributed by atoms with E-state index in [1.165, 1.54) is 51.9 Å². The molecule has 0 aliphatic heterocycles. The molecule has 0 aliphatic rings. The Morgan fingerprint density at radius 1 is 0.500 bits per heavy atom. The first-order valence-electron chi connectivity index (χ1n) is 15.8. The molecule has 0 aromatic rings. The second-order valence-electron chi connectivity index (χ2n) is 11.8. The number of hydrogen-bond acceptors (Lipinski definition) is 3. The zero-order valence-electron chi connectivity index (χ0n) is 27.9. The minimum atomic E-state index is -1.59. The van der Waals surface area contributed by atoms with E-state index in [2.05, 4.69) is 99.1 Å². The highest BCUT2D eigenvalue weighted by molar-refractivity contribution is 6.86. The monoisotopic (exact) mass is 602 g/mol. The van der Waals surface area contributed by atoms with Crippen LogP contribution >= 0.6 is 0 Å². The first-order chi connectivity index (χ1) is 19.0. The van der Waals surface area contributed by atoms with Gasteiger partial charge >= 0.3 is 7.32 Å². The molecule has 0 aliphatic carbocycles. The number of allylic oxidation sites excluding steroid dienone is 6. The van der Waals surface area contributed by atoms with Gasteiger partial charge in [-0.1, -0.05) is 149 Å². The van der Waals surface area contributed by atoms with E-state index in [0.717, 1.165) is 19.3 Å². The van der Waals surface area contributed by atoms with Crippen molar-refractivity contribution >= 4 is 31.5 Å². The fraction of sp³-hybridized carbons (Fsp3) is 0.636. The van der Waals surface area contributed by atoms with Crippen LogP contribution in [0.3, 0.4) is 0 Å². The van der Waals surface area contributed by atoms with Gasteiger partial charge in [0.1, 0.15) is 0 Å². The Bertz CT molecular complexity index is 729. The van der Waals surface area contributed by atoms with Crippen molar-refractivity contribution in [2.75, 3.05) is 19.8 Å². The average Bonchev–Trinajstić information content (AvgIpc) is 2.99. The highest BCUT2D eigenvalue weighted by atomic mass is 28.3. The van der Waals surface area contributed by atoms with Crippen molar-refractivity contribution in [3.63, 3.8) is 0 Å². The van der Waals surface area contributed by atoms with Crippen LogP contribution in [0.4, 0.5) is 0 Å². The van der Waals surface area contributed by atoms with E-state index in [1.54, 1.807) is 0 Å². The van der Waals surface area contributed by atoms with Crippen molar-refractivity contribution in [1.82, 2.24) is 0 Å². The normalized spacial score (nSPS) is 13.9. The van der Waals surface area contributed by atoms with E-state index >= 15 is 0 Å². The van der Waals surface area contributed by atoms with Crippen LogP contribution in [-0.2, 0) is 14.0 Å². The first-order valence-corrected chi connectivity index (χ1v) is 24.5. The van der Waals surface area contributed by atoms with Crippen LogP contribution in [0.15, 0.2) is 71.8 Å². The lowest BCUT2D eigenvalue weighted by molar-refractivity contribution is 0.119. The maximum absolute atomic E-state index is 6.54. The summed E-state index contributed by atoms with van der Waals surface area (Å²) in [7, 11) is -5.49. The minimum Gasteiger partial charge on any atom is -0.382 e. The average molecular weight is 603 g/mol. The van der Waals surface area contributed by atoms with Crippen LogP contribution in [0.1, 0.15) is 60.8 Å². The standard InChI is InChI=1S/C33H63BO3Si3/c1-13-22-25-31(38(10,16-4)17-5)28-35-34(36-29-32(26-23-14-2)39(11,18-6)19-7)37-30-33(27-24-15-3)40(12,20-8)21-9/h13-15,25-27H,1-3,16-24,28-30H2,4-12H3/b31-25-,32-26-,33-27+. The molecule has 0 heterocycles. The largest absolute Gasteiger partial charge is 0.640 e. The van der Waals surface area contributed by atoms with Crippen molar-refractivity contribution < 1.29 is 14.0 Å². The molecule has 0 aromatic heterocycles. The zero-order chi connectivity index (χ0) is 30.7. The third-order valence-electron chi connectivity index (χ3n) is 9.73. The molecule has 0 fully saturated rings. The first kappa shape index (κ1) is 39.0. The fourth-order valence-corrected chi connectivity index (χ4v) is 12.2. The fourth-order valence-electron chi connectivity index (χ4n) is 4.85. The van der Waals surface area contributed by atoms with Gasteiger partial charge in [0.25, 0.3) is 0 Å². The van der Waals surface area contributed by atoms with E-state index in [-0.39, 0.29) is 0 Å². The predicted octanol–water partition coefficient (Wildman–Crippen LogP) is 10.5. The maximum Gasteiger partial charge on any atom is 0.640 e. The Hall–Kier alpha value is -0.964. The quantitative estimate of drug-likeness (QED) is 0.0812. The molecule has 0 rings (SSSR count). The van der Waals surface area contributed by atoms with Crippen molar-refractivity contribution in [1.29, 1.82) is 0 Å². The molecule has 0 unspecified atom stereocenters. The number of rotatable bonds is 24. The van der Waals surface area contributed by atoms with Crippen molar-refractivity contribution in [3.05, 3.63) is 71.8 Å². The Morgan fingerprint density at radius 3 is 0.900 bits per heavy atom. The van der Waals surface area contributed by atoms with Crippen molar-refractivity contribution in [2.24, 2.45) is 0 Å². The molecule has 228 valence electrons. The molecule has 0 aromatic carbocycles. The van der Waals surface area contributed by atoms with E-state index in [0.29, 0.717) is 19.8 Å². The number of hydrogen-bond donors (Lipinski definition) is 0. The van der Waals surface area contributed by atoms with Crippen molar-refractivity contribution in [3.8, 4) is 0 Å². The molecule has 0 saturated carbocycles. The second kappa shape index (κ2) is 20.8. The highest BCUT2D eigenvalue weighted by Crippen LogP contribution is 2.29. The van der Waals surface area contributed by atoms with Gasteiger partial charge in [-0.3, -0.25) is 0 Å². The smallest absolute Gasteiger partial charge is 0.382 e. The second-order valence-corrected chi connectivity index (χ2v) is 27.3. The summed E-state index contributed by atoms with van der Waals surface area (Å²) >= 11 is 0. The summed E-state index contributed by atoms with van der Waals surface area (Å²) < 4.78 is 19.6. The van der Waals surface area contributed by atoms with E-state index in [1.807, 2.05) is 18.2 Å². The van der Waals surface area contributed by atoms with E-state index < -0.39 is 31.5 Å². The van der Waals surface area contributed by atoms with Crippen LogP contribution in [0.5, 0.6) is 0 Å². The van der Waals surface area contributed by atoms with Crippen LogP contribution < -0.4 is 0 Å². The third kappa shape index (κ3) is 12.5. The van der Waals surface area contributed by atoms with Crippen molar-refractivity contribution in [2.45, 2.75) is 117 Å². The lowest BCUT2D eigenvalue weighted by atomic mass is 10.2. The molecular formula is C33H63BO3Si3. The summed E-state index contributed by atoms with van der Waals surface area (Å²) in [5, 5.41) is 4.30. The summed E-state index contributed by atoms with van der Waals surface area (Å²) in [5.74, 6) is 0. The summed E-state index contributed by atoms with van der Waals surface area (Å²) in [4.78, 5) is 0. The molecule has 3 nitrogen and oxygen atoms in total. The minimum absolute atomic E-state index is 0.548. The Kier molecular flexibility index (Phi) is 20.3. The Balaban J connectivity index is 6.23. The van der Waals surface area contributed by atoms with E-state index in [4.69, 9.17) is 14.0 Å². The molecule has 7 heteroatoms. The van der Waals surface area contributed by atoms with Gasteiger partial charge in [0.15, 0.2) is 0 Å². The van der Waals surface area contributed by atoms with Crippen LogP contribution in [0.2, 0.25) is 55.9 Å². The van der Waals surface area contributed by atoms with Crippen LogP contribution in [0.25, 0.3) is 0 Å². The maximum atomic E-state index is 6.54. The molecule has 40 heavy (non-hydrogen) atoms. The molecular weight excluding hydrogens is 539 g/mol. The van der Waals surface area contributed by atoms with Crippen LogP contribution in [-0.4, -0.2) is 51.4 Å². The molecule has 0 amide bonds. The van der Waals surface area contributed by atoms with Gasteiger partial charge in [0.2, 0.25) is 0 Å². The van der Waals surface area contributed by atoms with Gasteiger partial charge in [-0.05, 0) is 19.3 Å². The van der Waals surface area contributed by atoms with Gasteiger partial charge < -0.3 is 14.0 Å². The van der Waals surface area contributed by atoms with Gasteiger partial charge in [0, 0.05) is 0 Å². The zero-order valence-corrected chi connectivity index (χ0v) is 30.9. The molecule has 0 saturated heterocycles. The van der Waals surface area contributed by atoms with E-state index in [9.17, 15) is 0 Å². The van der Waals surface area contributed by atoms with Gasteiger partial charge in [-0.2, -0.15) is 0 Å². The lowest BCUT2D eigenvalue weighted by Crippen LogP contribution is -2.40. The van der Waals surface area contributed by atoms with Gasteiger partial charge in [0.05, 0.1) is 44.0 Å². The molecule has 0 spiro atoms. The van der Waals surface area contributed by atoms with Gasteiger partial charge in [-0.25, -0.2) is 0 Å².